The summed E-state index contributed by atoms with van der Waals surface area (Å²) in [7, 11) is 0. The fourth-order valence-corrected chi connectivity index (χ4v) is 3.27. The van der Waals surface area contributed by atoms with Gasteiger partial charge in [0.25, 0.3) is 0 Å². The molecular formula is C15H17Cl2NO3. The van der Waals surface area contributed by atoms with Crippen molar-refractivity contribution in [1.82, 2.24) is 5.32 Å². The molecule has 0 radical (unpaired) electrons. The number of carbonyl (C=O) groups excluding carboxylic acids is 1. The molecule has 1 unspecified atom stereocenters. The van der Waals surface area contributed by atoms with Crippen LogP contribution >= 0.6 is 23.2 Å². The number of carbonyl (C=O) groups is 2. The SMILES string of the molecule is CCCC(NC(=O)C1(c2c(Cl)cccc2Cl)CC1)C(=O)O. The van der Waals surface area contributed by atoms with E-state index in [4.69, 9.17) is 28.3 Å². The average molecular weight is 330 g/mol. The normalized spacial score (nSPS) is 17.1. The molecule has 0 aromatic heterocycles. The van der Waals surface area contributed by atoms with E-state index in [0.29, 0.717) is 41.3 Å². The molecule has 21 heavy (non-hydrogen) atoms. The summed E-state index contributed by atoms with van der Waals surface area (Å²) in [5.74, 6) is -1.33. The van der Waals surface area contributed by atoms with Crippen LogP contribution in [-0.4, -0.2) is 23.0 Å². The Balaban J connectivity index is 2.24. The Morgan fingerprint density at radius 2 is 1.90 bits per heavy atom. The Kier molecular flexibility index (Phi) is 4.79. The van der Waals surface area contributed by atoms with Crippen LogP contribution in [0.5, 0.6) is 0 Å². The zero-order chi connectivity index (χ0) is 15.6. The number of carboxylic acids is 1. The van der Waals surface area contributed by atoms with Gasteiger partial charge in [-0.15, -0.1) is 0 Å². The van der Waals surface area contributed by atoms with Crippen molar-refractivity contribution >= 4 is 35.1 Å². The van der Waals surface area contributed by atoms with Gasteiger partial charge in [0.1, 0.15) is 6.04 Å². The van der Waals surface area contributed by atoms with Crippen molar-refractivity contribution in [2.75, 3.05) is 0 Å². The summed E-state index contributed by atoms with van der Waals surface area (Å²) in [5.41, 5.74) is -0.178. The minimum Gasteiger partial charge on any atom is -0.480 e. The fraction of sp³-hybridized carbons (Fsp3) is 0.467. The minimum atomic E-state index is -1.02. The molecule has 0 aliphatic heterocycles. The summed E-state index contributed by atoms with van der Waals surface area (Å²) < 4.78 is 0. The van der Waals surface area contributed by atoms with E-state index in [9.17, 15) is 9.59 Å². The lowest BCUT2D eigenvalue weighted by molar-refractivity contribution is -0.142. The van der Waals surface area contributed by atoms with Crippen molar-refractivity contribution in [3.63, 3.8) is 0 Å². The van der Waals surface area contributed by atoms with E-state index in [1.165, 1.54) is 0 Å². The summed E-state index contributed by atoms with van der Waals surface area (Å²) >= 11 is 12.4. The van der Waals surface area contributed by atoms with Crippen molar-refractivity contribution in [2.45, 2.75) is 44.1 Å². The molecule has 2 N–H and O–H groups in total. The van der Waals surface area contributed by atoms with E-state index >= 15 is 0 Å². The van der Waals surface area contributed by atoms with Crippen molar-refractivity contribution in [3.8, 4) is 0 Å². The van der Waals surface area contributed by atoms with Crippen LogP contribution in [-0.2, 0) is 15.0 Å². The molecular weight excluding hydrogens is 313 g/mol. The van der Waals surface area contributed by atoms with Crippen molar-refractivity contribution in [1.29, 1.82) is 0 Å². The molecule has 1 saturated carbocycles. The third kappa shape index (κ3) is 3.16. The van der Waals surface area contributed by atoms with E-state index in [1.54, 1.807) is 18.2 Å². The first-order chi connectivity index (χ1) is 9.92. The Morgan fingerprint density at radius 1 is 1.33 bits per heavy atom. The topological polar surface area (TPSA) is 66.4 Å². The van der Waals surface area contributed by atoms with Gasteiger partial charge in [0.05, 0.1) is 5.41 Å². The third-order valence-electron chi connectivity index (χ3n) is 3.81. The van der Waals surface area contributed by atoms with E-state index in [2.05, 4.69) is 5.32 Å². The summed E-state index contributed by atoms with van der Waals surface area (Å²) in [6, 6.07) is 4.23. The maximum atomic E-state index is 12.5. The number of benzene rings is 1. The number of nitrogens with one attached hydrogen (secondary N) is 1. The Morgan fingerprint density at radius 3 is 2.33 bits per heavy atom. The molecule has 1 amide bonds. The second-order valence-electron chi connectivity index (χ2n) is 5.33. The Bertz CT molecular complexity index is 550. The van der Waals surface area contributed by atoms with Gasteiger partial charge in [0.15, 0.2) is 0 Å². The number of hydrogen-bond donors (Lipinski definition) is 2. The number of aliphatic carboxylic acids is 1. The standard InChI is InChI=1S/C15H17Cl2NO3/c1-2-4-11(13(19)20)18-14(21)15(7-8-15)12-9(16)5-3-6-10(12)17/h3,5-6,11H,2,4,7-8H2,1H3,(H,18,21)(H,19,20). The number of hydrogen-bond acceptors (Lipinski definition) is 2. The molecule has 1 aliphatic carbocycles. The Labute approximate surface area is 133 Å². The van der Waals surface area contributed by atoms with Gasteiger partial charge in [0, 0.05) is 15.6 Å². The smallest absolute Gasteiger partial charge is 0.326 e. The van der Waals surface area contributed by atoms with Crippen LogP contribution in [0.1, 0.15) is 38.2 Å². The van der Waals surface area contributed by atoms with Crippen LogP contribution < -0.4 is 5.32 Å². The van der Waals surface area contributed by atoms with Gasteiger partial charge >= 0.3 is 5.97 Å². The van der Waals surface area contributed by atoms with Crippen molar-refractivity contribution < 1.29 is 14.7 Å². The molecule has 1 fully saturated rings. The number of amides is 1. The van der Waals surface area contributed by atoms with Crippen LogP contribution in [0.25, 0.3) is 0 Å². The number of halogens is 2. The molecule has 1 atom stereocenters. The summed E-state index contributed by atoms with van der Waals surface area (Å²) in [6.07, 6.45) is 2.33. The summed E-state index contributed by atoms with van der Waals surface area (Å²) in [5, 5.41) is 12.7. The van der Waals surface area contributed by atoms with Gasteiger partial charge in [-0.2, -0.15) is 0 Å². The highest BCUT2D eigenvalue weighted by Crippen LogP contribution is 2.53. The summed E-state index contributed by atoms with van der Waals surface area (Å²) in [4.78, 5) is 23.7. The number of rotatable bonds is 6. The van der Waals surface area contributed by atoms with Crippen LogP contribution in [0.3, 0.4) is 0 Å². The average Bonchev–Trinajstić information content (AvgIpc) is 3.19. The molecule has 1 aliphatic rings. The van der Waals surface area contributed by atoms with E-state index in [1.807, 2.05) is 6.92 Å². The lowest BCUT2D eigenvalue weighted by Crippen LogP contribution is -2.45. The number of carboxylic acid groups (broad SMARTS) is 1. The molecule has 0 bridgehead atoms. The highest BCUT2D eigenvalue weighted by atomic mass is 35.5. The second kappa shape index (κ2) is 6.24. The van der Waals surface area contributed by atoms with E-state index < -0.39 is 17.4 Å². The predicted octanol–water partition coefficient (Wildman–Crippen LogP) is 3.39. The molecule has 114 valence electrons. The van der Waals surface area contributed by atoms with Crippen LogP contribution in [0.4, 0.5) is 0 Å². The van der Waals surface area contributed by atoms with Gasteiger partial charge in [-0.1, -0.05) is 42.6 Å². The van der Waals surface area contributed by atoms with Gasteiger partial charge in [0.2, 0.25) is 5.91 Å². The fourth-order valence-electron chi connectivity index (χ4n) is 2.51. The minimum absolute atomic E-state index is 0.307. The van der Waals surface area contributed by atoms with E-state index in [-0.39, 0.29) is 5.91 Å². The largest absolute Gasteiger partial charge is 0.480 e. The zero-order valence-electron chi connectivity index (χ0n) is 11.7. The van der Waals surface area contributed by atoms with Gasteiger partial charge in [-0.05, 0) is 31.4 Å². The molecule has 0 spiro atoms. The highest BCUT2D eigenvalue weighted by molar-refractivity contribution is 6.36. The molecule has 1 aromatic rings. The monoisotopic (exact) mass is 329 g/mol. The lowest BCUT2D eigenvalue weighted by atomic mass is 9.94. The van der Waals surface area contributed by atoms with E-state index in [0.717, 1.165) is 0 Å². The first-order valence-corrected chi connectivity index (χ1v) is 7.66. The van der Waals surface area contributed by atoms with Crippen LogP contribution in [0, 0.1) is 0 Å². The quantitative estimate of drug-likeness (QED) is 0.840. The lowest BCUT2D eigenvalue weighted by Gasteiger charge is -2.21. The zero-order valence-corrected chi connectivity index (χ0v) is 13.2. The predicted molar refractivity (Wildman–Crippen MR) is 81.8 cm³/mol. The molecule has 6 heteroatoms. The molecule has 1 aromatic carbocycles. The van der Waals surface area contributed by atoms with Gasteiger partial charge in [-0.25, -0.2) is 4.79 Å². The molecule has 0 saturated heterocycles. The highest BCUT2D eigenvalue weighted by Gasteiger charge is 2.54. The molecule has 2 rings (SSSR count). The van der Waals surface area contributed by atoms with Crippen molar-refractivity contribution in [3.05, 3.63) is 33.8 Å². The van der Waals surface area contributed by atoms with Gasteiger partial charge in [-0.3, -0.25) is 4.79 Å². The van der Waals surface area contributed by atoms with Crippen LogP contribution in [0.15, 0.2) is 18.2 Å². The molecule has 0 heterocycles. The van der Waals surface area contributed by atoms with Gasteiger partial charge < -0.3 is 10.4 Å². The maximum Gasteiger partial charge on any atom is 0.326 e. The summed E-state index contributed by atoms with van der Waals surface area (Å²) in [6.45, 7) is 1.87. The first-order valence-electron chi connectivity index (χ1n) is 6.90. The molecule has 4 nitrogen and oxygen atoms in total. The van der Waals surface area contributed by atoms with Crippen molar-refractivity contribution in [2.24, 2.45) is 0 Å². The van der Waals surface area contributed by atoms with Crippen LogP contribution in [0.2, 0.25) is 10.0 Å². The first kappa shape index (κ1) is 16.1. The third-order valence-corrected chi connectivity index (χ3v) is 4.44. The Hall–Kier alpha value is -1.26. The maximum absolute atomic E-state index is 12.5. The second-order valence-corrected chi connectivity index (χ2v) is 6.15.